The lowest BCUT2D eigenvalue weighted by molar-refractivity contribution is 0.0594. The van der Waals surface area contributed by atoms with Gasteiger partial charge in [0.05, 0.1) is 12.8 Å². The lowest BCUT2D eigenvalue weighted by Crippen LogP contribution is -2.18. The van der Waals surface area contributed by atoms with E-state index in [9.17, 15) is 18.8 Å². The molecule has 2 aromatic carbocycles. The maximum atomic E-state index is 14.8. The Balaban J connectivity index is 1.94. The molecule has 0 radical (unpaired) electrons. The molecule has 0 bridgehead atoms. The fraction of sp³-hybridized carbons (Fsp3) is 0.130. The van der Waals surface area contributed by atoms with E-state index in [1.54, 1.807) is 23.1 Å². The van der Waals surface area contributed by atoms with E-state index in [4.69, 9.17) is 4.74 Å². The molecule has 0 saturated carbocycles. The fourth-order valence-corrected chi connectivity index (χ4v) is 4.77. The molecule has 33 heavy (non-hydrogen) atoms. The van der Waals surface area contributed by atoms with Crippen LogP contribution in [-0.4, -0.2) is 29.6 Å². The lowest BCUT2D eigenvalue weighted by atomic mass is 10.1. The molecule has 0 saturated heterocycles. The highest BCUT2D eigenvalue weighted by Gasteiger charge is 2.23. The number of hydrogen-bond acceptors (Lipinski definition) is 7. The summed E-state index contributed by atoms with van der Waals surface area (Å²) in [6.45, 7) is 2.26. The number of esters is 1. The highest BCUT2D eigenvalue weighted by Crippen LogP contribution is 2.39. The topological polar surface area (TPSA) is 79.1 Å². The number of rotatable bonds is 5. The van der Waals surface area contributed by atoms with Gasteiger partial charge in [-0.3, -0.25) is 0 Å². The summed E-state index contributed by atoms with van der Waals surface area (Å²) >= 11 is 4.45. The molecule has 0 amide bonds. The van der Waals surface area contributed by atoms with Gasteiger partial charge in [0, 0.05) is 22.0 Å². The minimum Gasteiger partial charge on any atom is -0.464 e. The van der Waals surface area contributed by atoms with Gasteiger partial charge in [0.2, 0.25) is 0 Å². The van der Waals surface area contributed by atoms with Crippen molar-refractivity contribution in [1.29, 1.82) is 5.26 Å². The molecule has 10 heteroatoms. The molecule has 2 heterocycles. The van der Waals surface area contributed by atoms with Crippen LogP contribution in [0.4, 0.5) is 19.6 Å². The van der Waals surface area contributed by atoms with Crippen LogP contribution in [0.2, 0.25) is 0 Å². The van der Waals surface area contributed by atoms with E-state index in [1.807, 2.05) is 6.92 Å². The molecule has 0 unspecified atom stereocenters. The number of methoxy groups -OCH3 is 1. The van der Waals surface area contributed by atoms with Gasteiger partial charge in [-0.1, -0.05) is 27.3 Å². The van der Waals surface area contributed by atoms with E-state index in [0.717, 1.165) is 11.3 Å². The normalized spacial score (nSPS) is 10.8. The van der Waals surface area contributed by atoms with E-state index >= 15 is 0 Å². The van der Waals surface area contributed by atoms with Crippen LogP contribution < -0.4 is 4.90 Å². The zero-order valence-electron chi connectivity index (χ0n) is 17.4. The van der Waals surface area contributed by atoms with Crippen molar-refractivity contribution in [3.63, 3.8) is 0 Å². The van der Waals surface area contributed by atoms with Crippen LogP contribution >= 0.6 is 27.3 Å². The number of nitrogens with zero attached hydrogens (tertiary/aromatic N) is 4. The number of benzene rings is 2. The molecular weight excluding hydrogens is 514 g/mol. The minimum absolute atomic E-state index is 0.00497. The van der Waals surface area contributed by atoms with E-state index in [2.05, 4.69) is 32.0 Å². The number of ether oxygens (including phenoxy) is 1. The van der Waals surface area contributed by atoms with E-state index < -0.39 is 17.6 Å². The highest BCUT2D eigenvalue weighted by atomic mass is 79.9. The Labute approximate surface area is 200 Å². The van der Waals surface area contributed by atoms with Gasteiger partial charge in [0.25, 0.3) is 0 Å². The van der Waals surface area contributed by atoms with Gasteiger partial charge >= 0.3 is 5.97 Å². The zero-order chi connectivity index (χ0) is 23.7. The van der Waals surface area contributed by atoms with Gasteiger partial charge in [-0.05, 0) is 49.4 Å². The standard InChI is InChI=1S/C23H15BrF2N4O2S/c1-3-30(23-29-20(19(11-27)33-23)12-4-6-14(25)7-5-12)18-10-17(22(31)32-2)28-21-15(18)8-13(24)9-16(21)26/h4-10H,3H2,1-2H3. The zero-order valence-corrected chi connectivity index (χ0v) is 19.8. The summed E-state index contributed by atoms with van der Waals surface area (Å²) in [5.74, 6) is -1.71. The first-order valence-corrected chi connectivity index (χ1v) is 11.3. The van der Waals surface area contributed by atoms with Crippen molar-refractivity contribution in [1.82, 2.24) is 9.97 Å². The lowest BCUT2D eigenvalue weighted by Gasteiger charge is -2.22. The molecule has 0 spiro atoms. The Morgan fingerprint density at radius 1 is 1.21 bits per heavy atom. The third kappa shape index (κ3) is 4.29. The first-order chi connectivity index (χ1) is 15.9. The van der Waals surface area contributed by atoms with Crippen molar-refractivity contribution >= 4 is 55.0 Å². The Kier molecular flexibility index (Phi) is 6.35. The van der Waals surface area contributed by atoms with Crippen molar-refractivity contribution < 1.29 is 18.3 Å². The molecule has 2 aromatic heterocycles. The predicted molar refractivity (Wildman–Crippen MR) is 126 cm³/mol. The number of anilines is 2. The third-order valence-electron chi connectivity index (χ3n) is 4.88. The van der Waals surface area contributed by atoms with E-state index in [0.29, 0.717) is 43.4 Å². The summed E-state index contributed by atoms with van der Waals surface area (Å²) in [5, 5.41) is 10.6. The van der Waals surface area contributed by atoms with Crippen LogP contribution in [0.5, 0.6) is 0 Å². The Morgan fingerprint density at radius 2 is 1.94 bits per heavy atom. The Bertz CT molecular complexity index is 1420. The van der Waals surface area contributed by atoms with Crippen molar-refractivity contribution in [2.75, 3.05) is 18.6 Å². The van der Waals surface area contributed by atoms with E-state index in [-0.39, 0.29) is 11.2 Å². The third-order valence-corrected chi connectivity index (χ3v) is 6.32. The van der Waals surface area contributed by atoms with Crippen molar-refractivity contribution in [2.24, 2.45) is 0 Å². The number of hydrogen-bond donors (Lipinski definition) is 0. The molecule has 4 rings (SSSR count). The number of carbonyl (C=O) groups excluding carboxylic acids is 1. The average molecular weight is 529 g/mol. The maximum absolute atomic E-state index is 14.8. The minimum atomic E-state index is -0.708. The number of thiazole rings is 1. The van der Waals surface area contributed by atoms with Gasteiger partial charge in [0.15, 0.2) is 16.6 Å². The molecule has 0 fully saturated rings. The summed E-state index contributed by atoms with van der Waals surface area (Å²) in [6, 6.07) is 12.3. The van der Waals surface area contributed by atoms with Gasteiger partial charge in [-0.25, -0.2) is 23.5 Å². The molecule has 0 aliphatic carbocycles. The Morgan fingerprint density at radius 3 is 2.58 bits per heavy atom. The van der Waals surface area contributed by atoms with Crippen molar-refractivity contribution in [3.8, 4) is 17.3 Å². The molecule has 4 aromatic rings. The van der Waals surface area contributed by atoms with Crippen LogP contribution in [0, 0.1) is 23.0 Å². The molecule has 0 aliphatic rings. The second-order valence-corrected chi connectivity index (χ2v) is 8.73. The van der Waals surface area contributed by atoms with Gasteiger partial charge in [0.1, 0.15) is 28.0 Å². The van der Waals surface area contributed by atoms with Crippen molar-refractivity contribution in [2.45, 2.75) is 6.92 Å². The van der Waals surface area contributed by atoms with E-state index in [1.165, 1.54) is 31.4 Å². The van der Waals surface area contributed by atoms with Gasteiger partial charge in [-0.2, -0.15) is 5.26 Å². The molecular formula is C23H15BrF2N4O2S. The second-order valence-electron chi connectivity index (χ2n) is 6.84. The summed E-state index contributed by atoms with van der Waals surface area (Å²) < 4.78 is 33.4. The molecule has 0 atom stereocenters. The number of nitriles is 1. The molecule has 166 valence electrons. The van der Waals surface area contributed by atoms with Crippen LogP contribution in [0.25, 0.3) is 22.2 Å². The Hall–Kier alpha value is -3.42. The number of pyridine rings is 1. The average Bonchev–Trinajstić information content (AvgIpc) is 3.23. The molecule has 0 N–H and O–H groups in total. The first kappa shape index (κ1) is 22.8. The smallest absolute Gasteiger partial charge is 0.356 e. The summed E-state index contributed by atoms with van der Waals surface area (Å²) in [5.41, 5.74) is 1.43. The monoisotopic (exact) mass is 528 g/mol. The summed E-state index contributed by atoms with van der Waals surface area (Å²) in [7, 11) is 1.22. The fourth-order valence-electron chi connectivity index (χ4n) is 3.38. The summed E-state index contributed by atoms with van der Waals surface area (Å²) in [6.07, 6.45) is 0. The molecule has 0 aliphatic heterocycles. The van der Waals surface area contributed by atoms with Gasteiger partial charge in [-0.15, -0.1) is 0 Å². The SMILES string of the molecule is CCN(c1nc(-c2ccc(F)cc2)c(C#N)s1)c1cc(C(=O)OC)nc2c(F)cc(Br)cc12. The largest absolute Gasteiger partial charge is 0.464 e. The van der Waals surface area contributed by atoms with Crippen molar-refractivity contribution in [3.05, 3.63) is 69.1 Å². The van der Waals surface area contributed by atoms with Gasteiger partial charge < -0.3 is 9.64 Å². The highest BCUT2D eigenvalue weighted by molar-refractivity contribution is 9.10. The predicted octanol–water partition coefficient (Wildman–Crippen LogP) is 6.22. The van der Waals surface area contributed by atoms with Crippen LogP contribution in [0.15, 0.2) is 46.9 Å². The quantitative estimate of drug-likeness (QED) is 0.286. The number of halogens is 3. The van der Waals surface area contributed by atoms with Crippen LogP contribution in [0.1, 0.15) is 22.3 Å². The van der Waals surface area contributed by atoms with Crippen LogP contribution in [0.3, 0.4) is 0 Å². The maximum Gasteiger partial charge on any atom is 0.356 e. The summed E-state index contributed by atoms with van der Waals surface area (Å²) in [4.78, 5) is 23.1. The first-order valence-electron chi connectivity index (χ1n) is 9.68. The molecule has 6 nitrogen and oxygen atoms in total. The van der Waals surface area contributed by atoms with Crippen LogP contribution in [-0.2, 0) is 4.74 Å². The number of carbonyl (C=O) groups is 1. The number of fused-ring (bicyclic) bond motifs is 1. The second kappa shape index (κ2) is 9.21. The number of aromatic nitrogens is 2.